The minimum atomic E-state index is 0. The van der Waals surface area contributed by atoms with Crippen LogP contribution in [0, 0.1) is 14.0 Å². The van der Waals surface area contributed by atoms with Crippen molar-refractivity contribution in [2.24, 2.45) is 4.99 Å². The van der Waals surface area contributed by atoms with Crippen molar-refractivity contribution in [3.63, 3.8) is 0 Å². The van der Waals surface area contributed by atoms with Crippen molar-refractivity contribution in [2.75, 3.05) is 19.6 Å². The van der Waals surface area contributed by atoms with Gasteiger partial charge >= 0.3 is 0 Å². The van der Waals surface area contributed by atoms with Gasteiger partial charge in [-0.15, -0.1) is 0 Å². The Morgan fingerprint density at radius 2 is 1.43 bits per heavy atom. The summed E-state index contributed by atoms with van der Waals surface area (Å²) < 4.78 is 0. The Labute approximate surface area is 164 Å². The summed E-state index contributed by atoms with van der Waals surface area (Å²) in [4.78, 5) is 6.74. The van der Waals surface area contributed by atoms with Crippen molar-refractivity contribution in [3.05, 3.63) is 85.8 Å². The molecule has 0 spiro atoms. The second kappa shape index (κ2) is 10.1. The number of rotatable bonds is 5. The Balaban J connectivity index is 0.00000132. The Morgan fingerprint density at radius 3 is 1.87 bits per heavy atom. The molecule has 1 N–H and O–H groups in total. The standard InChI is InChI=1S/C18H19N2O.CH3.Y/c21-12-11-19-17-13-20(14-17)18(15-7-3-1-4-8-15)16-9-5-2-6-10-16;;/h1-10,12,18,21H,11,13-14H2;1H3;/q2*-1;. The minimum Gasteiger partial charge on any atom is -0.564 e. The molecule has 0 aromatic heterocycles. The van der Waals surface area contributed by atoms with Gasteiger partial charge in [-0.1, -0.05) is 67.2 Å². The van der Waals surface area contributed by atoms with Gasteiger partial charge in [0, 0.05) is 51.5 Å². The van der Waals surface area contributed by atoms with E-state index >= 15 is 0 Å². The van der Waals surface area contributed by atoms with E-state index in [1.807, 2.05) is 12.1 Å². The normalized spacial score (nSPS) is 13.7. The zero-order valence-corrected chi connectivity index (χ0v) is 16.3. The first-order valence-electron chi connectivity index (χ1n) is 7.20. The summed E-state index contributed by atoms with van der Waals surface area (Å²) in [6, 6.07) is 21.4. The number of aliphatic imine (C=N–C) groups is 1. The fourth-order valence-electron chi connectivity index (χ4n) is 2.76. The van der Waals surface area contributed by atoms with Gasteiger partial charge < -0.3 is 17.5 Å². The smallest absolute Gasteiger partial charge is 0.0608 e. The van der Waals surface area contributed by atoms with Crippen molar-refractivity contribution in [1.29, 1.82) is 0 Å². The van der Waals surface area contributed by atoms with Crippen LogP contribution in [0.3, 0.4) is 0 Å². The van der Waals surface area contributed by atoms with E-state index in [0.29, 0.717) is 6.54 Å². The van der Waals surface area contributed by atoms with Crippen LogP contribution in [0.25, 0.3) is 0 Å². The Morgan fingerprint density at radius 1 is 0.957 bits per heavy atom. The summed E-state index contributed by atoms with van der Waals surface area (Å²) in [5.41, 5.74) is 3.75. The van der Waals surface area contributed by atoms with Crippen LogP contribution in [0.4, 0.5) is 0 Å². The topological polar surface area (TPSA) is 35.8 Å². The van der Waals surface area contributed by atoms with E-state index in [1.165, 1.54) is 11.1 Å². The zero-order valence-electron chi connectivity index (χ0n) is 13.5. The van der Waals surface area contributed by atoms with E-state index in [-0.39, 0.29) is 46.2 Å². The van der Waals surface area contributed by atoms with Crippen molar-refractivity contribution < 1.29 is 37.8 Å². The molecule has 0 saturated carbocycles. The van der Waals surface area contributed by atoms with Crippen LogP contribution in [0.2, 0.25) is 0 Å². The fourth-order valence-corrected chi connectivity index (χ4v) is 2.76. The predicted octanol–water partition coefficient (Wildman–Crippen LogP) is 3.51. The number of hydrogen-bond acceptors (Lipinski definition) is 3. The number of benzene rings is 2. The van der Waals surface area contributed by atoms with Crippen LogP contribution >= 0.6 is 0 Å². The third kappa shape index (κ3) is 5.05. The van der Waals surface area contributed by atoms with Gasteiger partial charge in [-0.05, 0) is 11.1 Å². The van der Waals surface area contributed by atoms with Gasteiger partial charge in [-0.3, -0.25) is 4.90 Å². The molecule has 2 aromatic carbocycles. The van der Waals surface area contributed by atoms with E-state index in [4.69, 9.17) is 5.11 Å². The third-order valence-corrected chi connectivity index (χ3v) is 3.76. The maximum absolute atomic E-state index is 8.72. The molecule has 1 saturated heterocycles. The molecule has 3 nitrogen and oxygen atoms in total. The van der Waals surface area contributed by atoms with Crippen LogP contribution < -0.4 is 0 Å². The van der Waals surface area contributed by atoms with E-state index in [0.717, 1.165) is 25.4 Å². The second-order valence-electron chi connectivity index (χ2n) is 5.22. The van der Waals surface area contributed by atoms with Crippen molar-refractivity contribution >= 4 is 5.71 Å². The molecule has 0 aliphatic carbocycles. The first-order chi connectivity index (χ1) is 10.4. The maximum Gasteiger partial charge on any atom is 0.0608 e. The molecule has 3 rings (SSSR count). The molecule has 1 aliphatic rings. The Kier molecular flexibility index (Phi) is 8.86. The second-order valence-corrected chi connectivity index (χ2v) is 5.22. The van der Waals surface area contributed by atoms with Crippen LogP contribution in [0.1, 0.15) is 17.2 Å². The van der Waals surface area contributed by atoms with E-state index in [1.54, 1.807) is 0 Å². The summed E-state index contributed by atoms with van der Waals surface area (Å²) in [5, 5.41) is 8.72. The monoisotopic (exact) mass is 383 g/mol. The van der Waals surface area contributed by atoms with Crippen molar-refractivity contribution in [2.45, 2.75) is 6.04 Å². The van der Waals surface area contributed by atoms with E-state index in [9.17, 15) is 0 Å². The molecule has 1 radical (unpaired) electrons. The minimum absolute atomic E-state index is 0. The maximum atomic E-state index is 8.72. The van der Waals surface area contributed by atoms with Gasteiger partial charge in [0.25, 0.3) is 0 Å². The molecular weight excluding hydrogens is 361 g/mol. The number of aliphatic hydroxyl groups excluding tert-OH is 1. The van der Waals surface area contributed by atoms with Crippen molar-refractivity contribution in [3.8, 4) is 0 Å². The summed E-state index contributed by atoms with van der Waals surface area (Å²) in [6.07, 6.45) is 0. The van der Waals surface area contributed by atoms with Crippen LogP contribution in [-0.4, -0.2) is 35.4 Å². The average Bonchev–Trinajstić information content (AvgIpc) is 2.51. The van der Waals surface area contributed by atoms with Crippen LogP contribution in [-0.2, 0) is 32.7 Å². The molecule has 0 amide bonds. The quantitative estimate of drug-likeness (QED) is 0.803. The molecule has 1 fully saturated rings. The molecule has 1 heterocycles. The summed E-state index contributed by atoms with van der Waals surface area (Å²) in [6.45, 7) is 3.22. The number of likely N-dealkylation sites (tertiary alicyclic amines) is 1. The van der Waals surface area contributed by atoms with Gasteiger partial charge in [0.2, 0.25) is 0 Å². The predicted molar refractivity (Wildman–Crippen MR) is 91.3 cm³/mol. The molecule has 1 aliphatic heterocycles. The molecule has 119 valence electrons. The molecule has 0 unspecified atom stereocenters. The molecular formula is C19H22N2OY-2. The van der Waals surface area contributed by atoms with Gasteiger partial charge in [-0.25, -0.2) is 0 Å². The van der Waals surface area contributed by atoms with Gasteiger partial charge in [0.05, 0.1) is 6.04 Å². The zero-order chi connectivity index (χ0) is 14.5. The molecule has 4 heteroatoms. The Bertz CT molecular complexity index is 554. The van der Waals surface area contributed by atoms with Gasteiger partial charge in [0.1, 0.15) is 0 Å². The largest absolute Gasteiger partial charge is 0.564 e. The first kappa shape index (κ1) is 20.2. The van der Waals surface area contributed by atoms with Gasteiger partial charge in [-0.2, -0.15) is 6.61 Å². The number of hydrogen-bond donors (Lipinski definition) is 1. The summed E-state index contributed by atoms with van der Waals surface area (Å²) in [7, 11) is 0. The summed E-state index contributed by atoms with van der Waals surface area (Å²) >= 11 is 0. The summed E-state index contributed by atoms with van der Waals surface area (Å²) in [5.74, 6) is 0. The third-order valence-electron chi connectivity index (χ3n) is 3.76. The van der Waals surface area contributed by atoms with Crippen molar-refractivity contribution in [1.82, 2.24) is 4.90 Å². The van der Waals surface area contributed by atoms with Crippen LogP contribution in [0.15, 0.2) is 65.7 Å². The fraction of sp³-hybridized carbons (Fsp3) is 0.211. The van der Waals surface area contributed by atoms with E-state index in [2.05, 4.69) is 58.4 Å². The first-order valence-corrected chi connectivity index (χ1v) is 7.20. The molecule has 0 bridgehead atoms. The number of aliphatic hydroxyl groups is 1. The van der Waals surface area contributed by atoms with Crippen LogP contribution in [0.5, 0.6) is 0 Å². The van der Waals surface area contributed by atoms with Gasteiger partial charge in [0.15, 0.2) is 0 Å². The molecule has 0 atom stereocenters. The Hall–Kier alpha value is -0.866. The average molecular weight is 383 g/mol. The number of nitrogens with zero attached hydrogens (tertiary/aromatic N) is 2. The molecule has 2 aromatic rings. The molecule has 23 heavy (non-hydrogen) atoms. The SMILES string of the molecule is O[CH-]CN=C1CN(C(c2ccccc2)c2ccccc2)C1.[CH3-].[Y]. The van der Waals surface area contributed by atoms with E-state index < -0.39 is 0 Å².